The topological polar surface area (TPSA) is 35.2 Å². The Labute approximate surface area is 129 Å². The van der Waals surface area contributed by atoms with Crippen LogP contribution < -0.4 is 10.5 Å². The van der Waals surface area contributed by atoms with Crippen LogP contribution >= 0.6 is 23.2 Å². The van der Waals surface area contributed by atoms with Gasteiger partial charge in [-0.15, -0.1) is 0 Å². The SMILES string of the molecule is CC(Oc1cccc(Cl)c1)C(N)Cc1cccc(Cl)c1. The van der Waals surface area contributed by atoms with Gasteiger partial charge in [0.25, 0.3) is 0 Å². The Kier molecular flexibility index (Phi) is 5.30. The number of nitrogens with two attached hydrogens (primary N) is 1. The molecular formula is C16H17Cl2NO. The number of hydrogen-bond acceptors (Lipinski definition) is 2. The van der Waals surface area contributed by atoms with Crippen LogP contribution in [0, 0.1) is 0 Å². The van der Waals surface area contributed by atoms with Crippen LogP contribution in [0.15, 0.2) is 48.5 Å². The molecule has 2 nitrogen and oxygen atoms in total. The molecule has 0 aromatic heterocycles. The highest BCUT2D eigenvalue weighted by Crippen LogP contribution is 2.20. The van der Waals surface area contributed by atoms with Gasteiger partial charge in [-0.1, -0.05) is 41.4 Å². The lowest BCUT2D eigenvalue weighted by Crippen LogP contribution is -2.38. The van der Waals surface area contributed by atoms with E-state index >= 15 is 0 Å². The fraction of sp³-hybridized carbons (Fsp3) is 0.250. The molecule has 20 heavy (non-hydrogen) atoms. The van der Waals surface area contributed by atoms with Crippen molar-refractivity contribution in [3.05, 3.63) is 64.1 Å². The molecular weight excluding hydrogens is 293 g/mol. The molecule has 0 aliphatic rings. The molecule has 0 saturated carbocycles. The van der Waals surface area contributed by atoms with Gasteiger partial charge in [-0.2, -0.15) is 0 Å². The second-order valence-electron chi connectivity index (χ2n) is 4.78. The minimum Gasteiger partial charge on any atom is -0.489 e. The summed E-state index contributed by atoms with van der Waals surface area (Å²) in [5.74, 6) is 0.728. The summed E-state index contributed by atoms with van der Waals surface area (Å²) in [7, 11) is 0. The lowest BCUT2D eigenvalue weighted by atomic mass is 10.0. The van der Waals surface area contributed by atoms with Gasteiger partial charge in [-0.25, -0.2) is 0 Å². The average Bonchev–Trinajstić information content (AvgIpc) is 2.38. The first-order valence-corrected chi connectivity index (χ1v) is 7.22. The number of rotatable bonds is 5. The molecule has 0 aliphatic heterocycles. The fourth-order valence-corrected chi connectivity index (χ4v) is 2.34. The van der Waals surface area contributed by atoms with Crippen molar-refractivity contribution in [2.45, 2.75) is 25.5 Å². The zero-order valence-corrected chi connectivity index (χ0v) is 12.7. The molecule has 0 amide bonds. The van der Waals surface area contributed by atoms with Crippen LogP contribution in [0.25, 0.3) is 0 Å². The van der Waals surface area contributed by atoms with E-state index in [1.54, 1.807) is 6.07 Å². The first kappa shape index (κ1) is 15.2. The Bertz CT molecular complexity index is 522. The maximum Gasteiger partial charge on any atom is 0.121 e. The maximum absolute atomic E-state index is 6.18. The normalized spacial score (nSPS) is 13.8. The lowest BCUT2D eigenvalue weighted by molar-refractivity contribution is 0.189. The first-order valence-electron chi connectivity index (χ1n) is 6.47. The molecule has 0 fully saturated rings. The molecule has 0 bridgehead atoms. The maximum atomic E-state index is 6.18. The van der Waals surface area contributed by atoms with E-state index in [0.717, 1.165) is 16.3 Å². The Morgan fingerprint density at radius 2 is 1.70 bits per heavy atom. The Morgan fingerprint density at radius 1 is 1.05 bits per heavy atom. The summed E-state index contributed by atoms with van der Waals surface area (Å²) in [5.41, 5.74) is 7.29. The van der Waals surface area contributed by atoms with E-state index < -0.39 is 0 Å². The smallest absolute Gasteiger partial charge is 0.121 e. The van der Waals surface area contributed by atoms with E-state index in [-0.39, 0.29) is 12.1 Å². The lowest BCUT2D eigenvalue weighted by Gasteiger charge is -2.21. The minimum absolute atomic E-state index is 0.118. The Balaban J connectivity index is 1.96. The third-order valence-corrected chi connectivity index (χ3v) is 3.55. The molecule has 2 atom stereocenters. The fourth-order valence-electron chi connectivity index (χ4n) is 1.94. The van der Waals surface area contributed by atoms with Gasteiger partial charge < -0.3 is 10.5 Å². The summed E-state index contributed by atoms with van der Waals surface area (Å²) in [4.78, 5) is 0. The van der Waals surface area contributed by atoms with E-state index in [9.17, 15) is 0 Å². The Hall–Kier alpha value is -1.22. The standard InChI is InChI=1S/C16H17Cl2NO/c1-11(20-15-7-3-6-14(18)10-15)16(19)9-12-4-2-5-13(17)8-12/h2-8,10-11,16H,9,19H2,1H3. The highest BCUT2D eigenvalue weighted by atomic mass is 35.5. The van der Waals surface area contributed by atoms with Crippen LogP contribution in [-0.4, -0.2) is 12.1 Å². The van der Waals surface area contributed by atoms with Crippen LogP contribution in [0.2, 0.25) is 10.0 Å². The third kappa shape index (κ3) is 4.41. The van der Waals surface area contributed by atoms with Crippen LogP contribution in [0.4, 0.5) is 0 Å². The average molecular weight is 310 g/mol. The monoisotopic (exact) mass is 309 g/mol. The molecule has 2 rings (SSSR count). The van der Waals surface area contributed by atoms with E-state index in [2.05, 4.69) is 0 Å². The zero-order chi connectivity index (χ0) is 14.5. The van der Waals surface area contributed by atoms with Gasteiger partial charge in [0.1, 0.15) is 11.9 Å². The van der Waals surface area contributed by atoms with Crippen molar-refractivity contribution >= 4 is 23.2 Å². The predicted molar refractivity (Wildman–Crippen MR) is 84.7 cm³/mol. The zero-order valence-electron chi connectivity index (χ0n) is 11.2. The van der Waals surface area contributed by atoms with Gasteiger partial charge in [-0.05, 0) is 49.2 Å². The molecule has 0 spiro atoms. The Morgan fingerprint density at radius 3 is 2.35 bits per heavy atom. The van der Waals surface area contributed by atoms with Gasteiger partial charge in [-0.3, -0.25) is 0 Å². The van der Waals surface area contributed by atoms with Crippen molar-refractivity contribution in [1.29, 1.82) is 0 Å². The molecule has 0 heterocycles. The number of benzene rings is 2. The van der Waals surface area contributed by atoms with Gasteiger partial charge in [0.2, 0.25) is 0 Å². The molecule has 4 heteroatoms. The highest BCUT2D eigenvalue weighted by Gasteiger charge is 2.15. The number of hydrogen-bond donors (Lipinski definition) is 1. The largest absolute Gasteiger partial charge is 0.489 e. The van der Waals surface area contributed by atoms with Crippen molar-refractivity contribution in [2.24, 2.45) is 5.73 Å². The molecule has 0 radical (unpaired) electrons. The van der Waals surface area contributed by atoms with Gasteiger partial charge in [0.15, 0.2) is 0 Å². The van der Waals surface area contributed by atoms with Crippen LogP contribution in [0.5, 0.6) is 5.75 Å². The molecule has 2 unspecified atom stereocenters. The highest BCUT2D eigenvalue weighted by molar-refractivity contribution is 6.30. The molecule has 2 aromatic carbocycles. The molecule has 2 aromatic rings. The predicted octanol–water partition coefficient (Wildman–Crippen LogP) is 4.33. The second kappa shape index (κ2) is 6.98. The van der Waals surface area contributed by atoms with E-state index in [1.807, 2.05) is 49.4 Å². The van der Waals surface area contributed by atoms with E-state index in [4.69, 9.17) is 33.7 Å². The van der Waals surface area contributed by atoms with Gasteiger partial charge in [0, 0.05) is 16.1 Å². The summed E-state index contributed by atoms with van der Waals surface area (Å²) in [6, 6.07) is 14.9. The van der Waals surface area contributed by atoms with Gasteiger partial charge >= 0.3 is 0 Å². The van der Waals surface area contributed by atoms with Crippen LogP contribution in [-0.2, 0) is 6.42 Å². The van der Waals surface area contributed by atoms with Crippen molar-refractivity contribution in [2.75, 3.05) is 0 Å². The molecule has 0 aliphatic carbocycles. The molecule has 2 N–H and O–H groups in total. The van der Waals surface area contributed by atoms with E-state index in [1.165, 1.54) is 0 Å². The molecule has 0 saturated heterocycles. The van der Waals surface area contributed by atoms with Crippen molar-refractivity contribution in [3.63, 3.8) is 0 Å². The van der Waals surface area contributed by atoms with Gasteiger partial charge in [0.05, 0.1) is 0 Å². The summed E-state index contributed by atoms with van der Waals surface area (Å²) in [5, 5.41) is 1.37. The van der Waals surface area contributed by atoms with E-state index in [0.29, 0.717) is 11.4 Å². The summed E-state index contributed by atoms with van der Waals surface area (Å²) in [6.07, 6.45) is 0.593. The second-order valence-corrected chi connectivity index (χ2v) is 5.65. The minimum atomic E-state index is -0.118. The van der Waals surface area contributed by atoms with Crippen LogP contribution in [0.3, 0.4) is 0 Å². The summed E-state index contributed by atoms with van der Waals surface area (Å²) < 4.78 is 5.82. The third-order valence-electron chi connectivity index (χ3n) is 3.08. The quantitative estimate of drug-likeness (QED) is 0.892. The first-order chi connectivity index (χ1) is 9.54. The van der Waals surface area contributed by atoms with Crippen molar-refractivity contribution in [3.8, 4) is 5.75 Å². The van der Waals surface area contributed by atoms with Crippen molar-refractivity contribution in [1.82, 2.24) is 0 Å². The number of halogens is 2. The van der Waals surface area contributed by atoms with Crippen molar-refractivity contribution < 1.29 is 4.74 Å². The number of ether oxygens (including phenoxy) is 1. The summed E-state index contributed by atoms with van der Waals surface area (Å²) in [6.45, 7) is 1.95. The van der Waals surface area contributed by atoms with Crippen LogP contribution in [0.1, 0.15) is 12.5 Å². The molecule has 106 valence electrons. The summed E-state index contributed by atoms with van der Waals surface area (Å²) >= 11 is 11.9.